The van der Waals surface area contributed by atoms with E-state index in [1.54, 1.807) is 58.6 Å². The molecule has 3 amide bonds. The molecule has 1 aliphatic heterocycles. The van der Waals surface area contributed by atoms with Crippen molar-refractivity contribution >= 4 is 50.6 Å². The normalized spacial score (nSPS) is 15.2. The quantitative estimate of drug-likeness (QED) is 0.268. The van der Waals surface area contributed by atoms with Crippen LogP contribution in [-0.2, 0) is 4.79 Å². The van der Waals surface area contributed by atoms with Crippen LogP contribution in [0.1, 0.15) is 12.5 Å². The average molecular weight is 542 g/mol. The highest BCUT2D eigenvalue weighted by molar-refractivity contribution is 7.18. The second kappa shape index (κ2) is 9.84. The van der Waals surface area contributed by atoms with Gasteiger partial charge in [-0.05, 0) is 47.7 Å². The van der Waals surface area contributed by atoms with Crippen molar-refractivity contribution in [1.29, 1.82) is 0 Å². The fraction of sp³-hybridized carbons (Fsp3) is 0.143. The van der Waals surface area contributed by atoms with E-state index in [0.717, 1.165) is 38.8 Å². The standard InChI is InChI=1S/C28H24FN7O2S/c1-35-10-9-23(27(35)37)36-14-17(12-32-36)21-13-31-26(30)24-22(15-39-25(21)24)16-5-7-19(8-6-16)33-28(38)34-20-4-2-3-18(29)11-20/h2-8,11-15,23H,9-10H2,1H3,(H2,30,31)(H2,33,34,38). The van der Waals surface area contributed by atoms with Crippen molar-refractivity contribution in [2.75, 3.05) is 30.0 Å². The first-order chi connectivity index (χ1) is 18.9. The molecule has 1 saturated heterocycles. The summed E-state index contributed by atoms with van der Waals surface area (Å²) in [6, 6.07) is 12.3. The Bertz CT molecular complexity index is 1710. The second-order valence-corrected chi connectivity index (χ2v) is 10.2. The van der Waals surface area contributed by atoms with Gasteiger partial charge in [-0.25, -0.2) is 14.2 Å². The number of urea groups is 1. The van der Waals surface area contributed by atoms with Gasteiger partial charge < -0.3 is 21.3 Å². The number of carbonyl (C=O) groups is 2. The van der Waals surface area contributed by atoms with Gasteiger partial charge in [0.2, 0.25) is 5.91 Å². The van der Waals surface area contributed by atoms with Gasteiger partial charge in [-0.15, -0.1) is 11.3 Å². The zero-order valence-corrected chi connectivity index (χ0v) is 21.7. The smallest absolute Gasteiger partial charge is 0.323 e. The molecule has 4 N–H and O–H groups in total. The topological polar surface area (TPSA) is 118 Å². The average Bonchev–Trinajstić information content (AvgIpc) is 3.65. The number of anilines is 3. The lowest BCUT2D eigenvalue weighted by molar-refractivity contribution is -0.129. The summed E-state index contributed by atoms with van der Waals surface area (Å²) in [5.41, 5.74) is 10.9. The van der Waals surface area contributed by atoms with Crippen molar-refractivity contribution < 1.29 is 14.0 Å². The Balaban J connectivity index is 1.24. The highest BCUT2D eigenvalue weighted by Crippen LogP contribution is 2.42. The molecule has 3 aromatic heterocycles. The molecule has 0 aliphatic carbocycles. The van der Waals surface area contributed by atoms with E-state index in [4.69, 9.17) is 5.73 Å². The number of rotatable bonds is 5. The second-order valence-electron chi connectivity index (χ2n) is 9.35. The van der Waals surface area contributed by atoms with E-state index in [9.17, 15) is 14.0 Å². The van der Waals surface area contributed by atoms with E-state index in [1.807, 2.05) is 23.7 Å². The minimum atomic E-state index is -0.473. The van der Waals surface area contributed by atoms with Crippen LogP contribution in [0.15, 0.2) is 72.5 Å². The van der Waals surface area contributed by atoms with Crippen LogP contribution in [0.4, 0.5) is 26.4 Å². The zero-order chi connectivity index (χ0) is 27.1. The SMILES string of the molecule is CN1CCC(n2cc(-c3cnc(N)c4c(-c5ccc(NC(=O)Nc6cccc(F)c6)cc5)csc34)cn2)C1=O. The minimum Gasteiger partial charge on any atom is -0.383 e. The lowest BCUT2D eigenvalue weighted by Gasteiger charge is -2.10. The summed E-state index contributed by atoms with van der Waals surface area (Å²) in [4.78, 5) is 30.9. The van der Waals surface area contributed by atoms with Gasteiger partial charge in [0.1, 0.15) is 17.7 Å². The first kappa shape index (κ1) is 24.6. The van der Waals surface area contributed by atoms with Crippen molar-refractivity contribution in [3.63, 3.8) is 0 Å². The van der Waals surface area contributed by atoms with E-state index in [1.165, 1.54) is 18.2 Å². The Kier molecular flexibility index (Phi) is 6.20. The number of benzene rings is 2. The van der Waals surface area contributed by atoms with Crippen LogP contribution in [0.5, 0.6) is 0 Å². The maximum atomic E-state index is 13.4. The number of pyridine rings is 1. The molecule has 1 unspecified atom stereocenters. The van der Waals surface area contributed by atoms with Crippen LogP contribution < -0.4 is 16.4 Å². The molecule has 6 rings (SSSR count). The van der Waals surface area contributed by atoms with Gasteiger partial charge in [-0.1, -0.05) is 18.2 Å². The molecule has 39 heavy (non-hydrogen) atoms. The molecule has 2 aromatic carbocycles. The number of nitrogens with two attached hydrogens (primary N) is 1. The van der Waals surface area contributed by atoms with Crippen molar-refractivity contribution in [3.05, 3.63) is 78.3 Å². The molecule has 0 saturated carbocycles. The number of halogens is 1. The van der Waals surface area contributed by atoms with Gasteiger partial charge in [0, 0.05) is 64.1 Å². The fourth-order valence-corrected chi connectivity index (χ4v) is 5.90. The summed E-state index contributed by atoms with van der Waals surface area (Å²) in [6.45, 7) is 0.715. The number of likely N-dealkylation sites (N-methyl/N-ethyl adjacent to an activating group) is 1. The van der Waals surface area contributed by atoms with E-state index in [2.05, 4.69) is 20.7 Å². The Labute approximate surface area is 227 Å². The molecule has 11 heteroatoms. The molecule has 0 radical (unpaired) electrons. The van der Waals surface area contributed by atoms with Crippen LogP contribution in [0, 0.1) is 5.82 Å². The van der Waals surface area contributed by atoms with Crippen molar-refractivity contribution in [1.82, 2.24) is 19.7 Å². The zero-order valence-electron chi connectivity index (χ0n) is 20.9. The maximum absolute atomic E-state index is 13.4. The number of hydrogen-bond acceptors (Lipinski definition) is 6. The monoisotopic (exact) mass is 541 g/mol. The number of carbonyl (C=O) groups excluding carboxylic acids is 2. The number of thiophene rings is 1. The molecule has 1 atom stereocenters. The molecular weight excluding hydrogens is 517 g/mol. The Morgan fingerprint density at radius 2 is 1.87 bits per heavy atom. The summed E-state index contributed by atoms with van der Waals surface area (Å²) >= 11 is 1.56. The summed E-state index contributed by atoms with van der Waals surface area (Å²) in [6.07, 6.45) is 6.12. The molecule has 9 nitrogen and oxygen atoms in total. The van der Waals surface area contributed by atoms with E-state index < -0.39 is 11.8 Å². The minimum absolute atomic E-state index is 0.0630. The van der Waals surface area contributed by atoms with Gasteiger partial charge in [0.25, 0.3) is 0 Å². The number of fused-ring (bicyclic) bond motifs is 1. The summed E-state index contributed by atoms with van der Waals surface area (Å²) < 4.78 is 16.1. The van der Waals surface area contributed by atoms with Gasteiger partial charge >= 0.3 is 6.03 Å². The van der Waals surface area contributed by atoms with E-state index in [0.29, 0.717) is 23.7 Å². The molecule has 4 heterocycles. The lowest BCUT2D eigenvalue weighted by Crippen LogP contribution is -2.24. The lowest BCUT2D eigenvalue weighted by atomic mass is 10.0. The third-order valence-corrected chi connectivity index (χ3v) is 7.81. The van der Waals surface area contributed by atoms with Crippen molar-refractivity contribution in [2.24, 2.45) is 0 Å². The number of aromatic nitrogens is 3. The van der Waals surface area contributed by atoms with Gasteiger partial charge in [-0.3, -0.25) is 9.48 Å². The molecule has 5 aromatic rings. The maximum Gasteiger partial charge on any atom is 0.323 e. The van der Waals surface area contributed by atoms with Crippen LogP contribution in [0.2, 0.25) is 0 Å². The molecule has 0 spiro atoms. The first-order valence-corrected chi connectivity index (χ1v) is 13.1. The highest BCUT2D eigenvalue weighted by atomic mass is 32.1. The van der Waals surface area contributed by atoms with Gasteiger partial charge in [-0.2, -0.15) is 5.10 Å². The Hall–Kier alpha value is -4.77. The Morgan fingerprint density at radius 1 is 1.08 bits per heavy atom. The predicted molar refractivity (Wildman–Crippen MR) is 151 cm³/mol. The number of amides is 3. The fourth-order valence-electron chi connectivity index (χ4n) is 4.78. The van der Waals surface area contributed by atoms with Crippen LogP contribution in [-0.4, -0.2) is 45.2 Å². The van der Waals surface area contributed by atoms with E-state index >= 15 is 0 Å². The molecule has 1 aliphatic rings. The molecular formula is C28H24FN7O2S. The number of nitrogen functional groups attached to an aromatic ring is 1. The van der Waals surface area contributed by atoms with Gasteiger partial charge in [0.05, 0.1) is 6.20 Å². The number of likely N-dealkylation sites (tertiary alicyclic amines) is 1. The molecule has 1 fully saturated rings. The summed E-state index contributed by atoms with van der Waals surface area (Å²) in [5, 5.41) is 12.7. The largest absolute Gasteiger partial charge is 0.383 e. The van der Waals surface area contributed by atoms with Crippen LogP contribution >= 0.6 is 11.3 Å². The number of nitrogens with one attached hydrogen (secondary N) is 2. The number of nitrogens with zero attached hydrogens (tertiary/aromatic N) is 4. The highest BCUT2D eigenvalue weighted by Gasteiger charge is 2.31. The van der Waals surface area contributed by atoms with Gasteiger partial charge in [0.15, 0.2) is 0 Å². The summed E-state index contributed by atoms with van der Waals surface area (Å²) in [7, 11) is 1.80. The molecule has 196 valence electrons. The summed E-state index contributed by atoms with van der Waals surface area (Å²) in [5.74, 6) is 0.0531. The third-order valence-electron chi connectivity index (χ3n) is 6.79. The van der Waals surface area contributed by atoms with Crippen LogP contribution in [0.25, 0.3) is 32.3 Å². The number of hydrogen-bond donors (Lipinski definition) is 3. The van der Waals surface area contributed by atoms with Crippen LogP contribution in [0.3, 0.4) is 0 Å². The Morgan fingerprint density at radius 3 is 2.62 bits per heavy atom. The predicted octanol–water partition coefficient (Wildman–Crippen LogP) is 5.60. The molecule has 0 bridgehead atoms. The van der Waals surface area contributed by atoms with Crippen molar-refractivity contribution in [2.45, 2.75) is 12.5 Å². The van der Waals surface area contributed by atoms with E-state index in [-0.39, 0.29) is 11.9 Å². The van der Waals surface area contributed by atoms with Crippen molar-refractivity contribution in [3.8, 4) is 22.3 Å². The first-order valence-electron chi connectivity index (χ1n) is 12.3. The third kappa shape index (κ3) is 4.68.